The van der Waals surface area contributed by atoms with Gasteiger partial charge in [-0.1, -0.05) is 37.6 Å². The number of rotatable bonds is 4. The second kappa shape index (κ2) is 6.28. The van der Waals surface area contributed by atoms with Crippen molar-refractivity contribution in [1.82, 2.24) is 5.32 Å². The topological polar surface area (TPSA) is 21.3 Å². The number of benzene rings is 1. The van der Waals surface area contributed by atoms with Crippen LogP contribution < -0.4 is 5.32 Å². The summed E-state index contributed by atoms with van der Waals surface area (Å²) in [6.45, 7) is 14.3. The first-order valence-corrected chi connectivity index (χ1v) is 7.91. The van der Waals surface area contributed by atoms with Crippen molar-refractivity contribution < 1.29 is 4.74 Å². The Morgan fingerprint density at radius 3 is 2.35 bits per heavy atom. The van der Waals surface area contributed by atoms with Gasteiger partial charge in [-0.3, -0.25) is 0 Å². The molecule has 1 aromatic carbocycles. The van der Waals surface area contributed by atoms with Crippen LogP contribution in [0.1, 0.15) is 50.4 Å². The molecule has 1 aliphatic rings. The molecule has 1 aliphatic heterocycles. The third-order valence-electron chi connectivity index (χ3n) is 4.89. The molecule has 2 heteroatoms. The molecule has 2 rings (SSSR count). The number of ether oxygens (including phenoxy) is 1. The van der Waals surface area contributed by atoms with Gasteiger partial charge >= 0.3 is 0 Å². The van der Waals surface area contributed by atoms with Crippen LogP contribution in [0.15, 0.2) is 18.2 Å². The van der Waals surface area contributed by atoms with Gasteiger partial charge in [-0.25, -0.2) is 0 Å². The molecule has 5 atom stereocenters. The first-order chi connectivity index (χ1) is 9.45. The minimum Gasteiger partial charge on any atom is -0.375 e. The molecule has 0 aliphatic carbocycles. The zero-order valence-corrected chi connectivity index (χ0v) is 13.7. The molecule has 1 N–H and O–H groups in total. The molecule has 0 amide bonds. The van der Waals surface area contributed by atoms with Crippen molar-refractivity contribution in [3.63, 3.8) is 0 Å². The summed E-state index contributed by atoms with van der Waals surface area (Å²) in [4.78, 5) is 0. The largest absolute Gasteiger partial charge is 0.375 e. The highest BCUT2D eigenvalue weighted by Crippen LogP contribution is 2.41. The Bertz CT molecular complexity index is 457. The molecule has 1 aromatic rings. The lowest BCUT2D eigenvalue weighted by molar-refractivity contribution is 0.0475. The number of aryl methyl sites for hydroxylation is 2. The second-order valence-corrected chi connectivity index (χ2v) is 6.38. The Hall–Kier alpha value is -0.860. The summed E-state index contributed by atoms with van der Waals surface area (Å²) in [6.07, 6.45) is 0.659. The highest BCUT2D eigenvalue weighted by molar-refractivity contribution is 5.33. The summed E-state index contributed by atoms with van der Waals surface area (Å²) >= 11 is 0. The third kappa shape index (κ3) is 2.91. The summed E-state index contributed by atoms with van der Waals surface area (Å²) in [7, 11) is 0. The van der Waals surface area contributed by atoms with E-state index in [0.717, 1.165) is 6.54 Å². The van der Waals surface area contributed by atoms with E-state index in [1.165, 1.54) is 16.7 Å². The van der Waals surface area contributed by atoms with Crippen molar-refractivity contribution >= 4 is 0 Å². The maximum absolute atomic E-state index is 6.06. The highest BCUT2D eigenvalue weighted by Gasteiger charge is 2.42. The van der Waals surface area contributed by atoms with Crippen molar-refractivity contribution in [2.75, 3.05) is 6.54 Å². The molecule has 112 valence electrons. The number of hydrogen-bond acceptors (Lipinski definition) is 2. The fraction of sp³-hybridized carbons (Fsp3) is 0.667. The summed E-state index contributed by atoms with van der Waals surface area (Å²) in [5.41, 5.74) is 4.15. The minimum absolute atomic E-state index is 0.310. The summed E-state index contributed by atoms with van der Waals surface area (Å²) in [5.74, 6) is 1.11. The molecule has 0 spiro atoms. The smallest absolute Gasteiger partial charge is 0.0600 e. The van der Waals surface area contributed by atoms with Crippen LogP contribution in [-0.4, -0.2) is 18.8 Å². The average Bonchev–Trinajstić information content (AvgIpc) is 2.62. The van der Waals surface area contributed by atoms with Crippen molar-refractivity contribution in [2.45, 2.75) is 59.8 Å². The molecule has 0 radical (unpaired) electrons. The molecule has 0 aromatic heterocycles. The predicted octanol–water partition coefficient (Wildman–Crippen LogP) is 4.01. The molecule has 1 heterocycles. The van der Waals surface area contributed by atoms with Crippen LogP contribution >= 0.6 is 0 Å². The second-order valence-electron chi connectivity index (χ2n) is 6.38. The van der Waals surface area contributed by atoms with Crippen LogP contribution in [0.4, 0.5) is 0 Å². The first kappa shape index (κ1) is 15.5. The van der Waals surface area contributed by atoms with E-state index in [9.17, 15) is 0 Å². The fourth-order valence-corrected chi connectivity index (χ4v) is 3.72. The molecule has 0 bridgehead atoms. The van der Waals surface area contributed by atoms with E-state index in [1.807, 2.05) is 0 Å². The van der Waals surface area contributed by atoms with Crippen molar-refractivity contribution in [1.29, 1.82) is 0 Å². The molecule has 5 unspecified atom stereocenters. The zero-order valence-electron chi connectivity index (χ0n) is 13.7. The van der Waals surface area contributed by atoms with Crippen LogP contribution in [0.2, 0.25) is 0 Å². The molecule has 20 heavy (non-hydrogen) atoms. The van der Waals surface area contributed by atoms with E-state index in [2.05, 4.69) is 65.1 Å². The normalized spacial score (nSPS) is 31.5. The van der Waals surface area contributed by atoms with Gasteiger partial charge < -0.3 is 10.1 Å². The maximum atomic E-state index is 6.06. The van der Waals surface area contributed by atoms with Crippen LogP contribution in [0, 0.1) is 25.7 Å². The van der Waals surface area contributed by atoms with Crippen LogP contribution in [0.25, 0.3) is 0 Å². The van der Waals surface area contributed by atoms with E-state index in [1.54, 1.807) is 0 Å². The van der Waals surface area contributed by atoms with Gasteiger partial charge in [-0.15, -0.1) is 0 Å². The van der Waals surface area contributed by atoms with Gasteiger partial charge in [0.25, 0.3) is 0 Å². The SMILES string of the molecule is CCNC(c1ccc(C)cc1C)C1C(C)OC(C)C1C. The lowest BCUT2D eigenvalue weighted by Gasteiger charge is -2.31. The first-order valence-electron chi connectivity index (χ1n) is 7.91. The van der Waals surface area contributed by atoms with E-state index in [0.29, 0.717) is 30.1 Å². The Morgan fingerprint density at radius 2 is 1.85 bits per heavy atom. The monoisotopic (exact) mass is 275 g/mol. The van der Waals surface area contributed by atoms with E-state index in [-0.39, 0.29) is 0 Å². The minimum atomic E-state index is 0.310. The molecular formula is C18H29NO. The predicted molar refractivity (Wildman–Crippen MR) is 85.0 cm³/mol. The van der Waals surface area contributed by atoms with Gasteiger partial charge in [0.05, 0.1) is 12.2 Å². The van der Waals surface area contributed by atoms with Gasteiger partial charge in [0, 0.05) is 12.0 Å². The van der Waals surface area contributed by atoms with Crippen molar-refractivity contribution in [2.24, 2.45) is 11.8 Å². The van der Waals surface area contributed by atoms with E-state index >= 15 is 0 Å². The Morgan fingerprint density at radius 1 is 1.15 bits per heavy atom. The van der Waals surface area contributed by atoms with Crippen molar-refractivity contribution in [3.05, 3.63) is 34.9 Å². The summed E-state index contributed by atoms with van der Waals surface area (Å²) < 4.78 is 6.06. The molecule has 1 fully saturated rings. The van der Waals surface area contributed by atoms with Crippen LogP contribution in [-0.2, 0) is 4.74 Å². The molecular weight excluding hydrogens is 246 g/mol. The summed E-state index contributed by atoms with van der Waals surface area (Å²) in [5, 5.41) is 3.70. The third-order valence-corrected chi connectivity index (χ3v) is 4.89. The zero-order chi connectivity index (χ0) is 14.9. The van der Waals surface area contributed by atoms with Gasteiger partial charge in [-0.2, -0.15) is 0 Å². The fourth-order valence-electron chi connectivity index (χ4n) is 3.72. The van der Waals surface area contributed by atoms with Gasteiger partial charge in [0.1, 0.15) is 0 Å². The van der Waals surface area contributed by atoms with Crippen LogP contribution in [0.3, 0.4) is 0 Å². The van der Waals surface area contributed by atoms with Crippen LogP contribution in [0.5, 0.6) is 0 Å². The average molecular weight is 275 g/mol. The molecule has 0 saturated carbocycles. The van der Waals surface area contributed by atoms with E-state index < -0.39 is 0 Å². The summed E-state index contributed by atoms with van der Waals surface area (Å²) in [6, 6.07) is 7.19. The maximum Gasteiger partial charge on any atom is 0.0600 e. The number of nitrogens with one attached hydrogen (secondary N) is 1. The quantitative estimate of drug-likeness (QED) is 0.896. The molecule has 1 saturated heterocycles. The standard InChI is InChI=1S/C18H29NO/c1-7-19-18(16-9-8-11(2)10-12(16)3)17-13(4)14(5)20-15(17)6/h8-10,13-15,17-19H,7H2,1-6H3. The van der Waals surface area contributed by atoms with Gasteiger partial charge in [0.15, 0.2) is 0 Å². The van der Waals surface area contributed by atoms with E-state index in [4.69, 9.17) is 4.74 Å². The van der Waals surface area contributed by atoms with Gasteiger partial charge in [-0.05, 0) is 51.3 Å². The molecule has 2 nitrogen and oxygen atoms in total. The lowest BCUT2D eigenvalue weighted by Crippen LogP contribution is -2.35. The highest BCUT2D eigenvalue weighted by atomic mass is 16.5. The van der Waals surface area contributed by atoms with Crippen molar-refractivity contribution in [3.8, 4) is 0 Å². The lowest BCUT2D eigenvalue weighted by atomic mass is 9.79. The Kier molecular flexibility index (Phi) is 4.87. The Labute approximate surface area is 123 Å². The van der Waals surface area contributed by atoms with Gasteiger partial charge in [0.2, 0.25) is 0 Å². The number of hydrogen-bond donors (Lipinski definition) is 1. The Balaban J connectivity index is 2.35.